The average Bonchev–Trinajstić information content (AvgIpc) is 3.19. The summed E-state index contributed by atoms with van der Waals surface area (Å²) in [6, 6.07) is 0. The largest absolute Gasteiger partial charge is 0.400 e. The minimum atomic E-state index is -3.84. The van der Waals surface area contributed by atoms with Gasteiger partial charge in [0.25, 0.3) is 0 Å². The van der Waals surface area contributed by atoms with Gasteiger partial charge < -0.3 is 29.9 Å². The van der Waals surface area contributed by atoms with Gasteiger partial charge in [-0.3, -0.25) is 8.37 Å². The van der Waals surface area contributed by atoms with Crippen LogP contribution < -0.4 is 0 Å². The van der Waals surface area contributed by atoms with Crippen molar-refractivity contribution in [3.05, 3.63) is 0 Å². The summed E-state index contributed by atoms with van der Waals surface area (Å²) in [5.74, 6) is 0. The predicted octanol–water partition coefficient (Wildman–Crippen LogP) is -3.63. The van der Waals surface area contributed by atoms with Crippen molar-refractivity contribution in [1.82, 2.24) is 0 Å². The van der Waals surface area contributed by atoms with Crippen LogP contribution in [0.5, 0.6) is 0 Å². The highest BCUT2D eigenvalue weighted by atomic mass is 32.3. The number of ether oxygens (including phenoxy) is 2. The van der Waals surface area contributed by atoms with Gasteiger partial charge in [0.15, 0.2) is 0 Å². The van der Waals surface area contributed by atoms with Crippen LogP contribution >= 0.6 is 0 Å². The number of aliphatic hydroxyl groups excluding tert-OH is 4. The standard InChI is InChI=1S/C6H12O7S.C6H12O6S/c7-1-5(8)2-11-3-6-4-12-14(9,10)13-6;7-1-5(8)2-10-3-6-4-11-13(9)12-6/h5-8H,1-4H2;5-8H,1-4H2. The van der Waals surface area contributed by atoms with Gasteiger partial charge in [0.2, 0.25) is 0 Å². The van der Waals surface area contributed by atoms with E-state index in [0.717, 1.165) is 0 Å². The Bertz CT molecular complexity index is 527. The summed E-state index contributed by atoms with van der Waals surface area (Å²) in [7, 11) is -3.84. The SMILES string of the molecule is O=S1(=O)OCC(COCC(O)CO)O1.O=S1OCC(COCC(O)CO)O1. The third-order valence-electron chi connectivity index (χ3n) is 2.87. The topological polar surface area (TPSA) is 188 Å². The molecule has 2 rings (SSSR count). The molecule has 2 aliphatic heterocycles. The monoisotopic (exact) mass is 440 g/mol. The molecular weight excluding hydrogens is 416 g/mol. The van der Waals surface area contributed by atoms with Crippen LogP contribution in [0.4, 0.5) is 0 Å². The van der Waals surface area contributed by atoms with Crippen LogP contribution in [0.3, 0.4) is 0 Å². The summed E-state index contributed by atoms with van der Waals surface area (Å²) in [5, 5.41) is 34.6. The summed E-state index contributed by atoms with van der Waals surface area (Å²) in [4.78, 5) is 0. The fourth-order valence-corrected chi connectivity index (χ4v) is 3.08. The minimum absolute atomic E-state index is 0.00368. The molecule has 5 unspecified atom stereocenters. The van der Waals surface area contributed by atoms with Gasteiger partial charge in [0.05, 0.1) is 52.9 Å². The molecule has 2 fully saturated rings. The fraction of sp³-hybridized carbons (Fsp3) is 1.00. The van der Waals surface area contributed by atoms with Gasteiger partial charge in [0, 0.05) is 0 Å². The highest BCUT2D eigenvalue weighted by Crippen LogP contribution is 2.12. The van der Waals surface area contributed by atoms with E-state index < -0.39 is 46.7 Å². The first-order valence-corrected chi connectivity index (χ1v) is 10.1. The molecule has 13 nitrogen and oxygen atoms in total. The molecule has 2 heterocycles. The number of aliphatic hydroxyl groups is 4. The Labute approximate surface area is 158 Å². The zero-order valence-corrected chi connectivity index (χ0v) is 15.9. The first kappa shape index (κ1) is 24.7. The second-order valence-electron chi connectivity index (χ2n) is 5.37. The van der Waals surface area contributed by atoms with E-state index in [2.05, 4.69) is 12.5 Å². The van der Waals surface area contributed by atoms with Gasteiger partial charge in [-0.2, -0.15) is 12.6 Å². The van der Waals surface area contributed by atoms with Gasteiger partial charge in [-0.1, -0.05) is 0 Å². The van der Waals surface area contributed by atoms with E-state index in [1.54, 1.807) is 0 Å². The van der Waals surface area contributed by atoms with Crippen LogP contribution in [-0.2, 0) is 48.0 Å². The quantitative estimate of drug-likeness (QED) is 0.261. The Morgan fingerprint density at radius 3 is 1.96 bits per heavy atom. The van der Waals surface area contributed by atoms with Crippen molar-refractivity contribution < 1.29 is 59.3 Å². The second-order valence-corrected chi connectivity index (χ2v) is 7.45. The third kappa shape index (κ3) is 11.3. The lowest BCUT2D eigenvalue weighted by Gasteiger charge is -2.09. The van der Waals surface area contributed by atoms with Crippen LogP contribution in [0.1, 0.15) is 0 Å². The van der Waals surface area contributed by atoms with E-state index in [4.69, 9.17) is 34.1 Å². The van der Waals surface area contributed by atoms with Crippen LogP contribution in [0.2, 0.25) is 0 Å². The van der Waals surface area contributed by atoms with Gasteiger partial charge in [-0.25, -0.2) is 8.37 Å². The zero-order chi connectivity index (χ0) is 20.3. The Balaban J connectivity index is 0.000000271. The molecule has 0 aromatic heterocycles. The van der Waals surface area contributed by atoms with E-state index in [0.29, 0.717) is 0 Å². The van der Waals surface area contributed by atoms with Crippen molar-refractivity contribution in [2.75, 3.05) is 52.9 Å². The third-order valence-corrected chi connectivity index (χ3v) is 4.56. The molecule has 27 heavy (non-hydrogen) atoms. The molecule has 2 aliphatic rings. The summed E-state index contributed by atoms with van der Waals surface area (Å²) in [6.07, 6.45) is -2.88. The minimum Gasteiger partial charge on any atom is -0.394 e. The zero-order valence-electron chi connectivity index (χ0n) is 14.2. The normalized spacial score (nSPS) is 29.1. The van der Waals surface area contributed by atoms with Gasteiger partial charge >= 0.3 is 21.8 Å². The molecule has 5 atom stereocenters. The summed E-state index contributed by atoms with van der Waals surface area (Å²) < 4.78 is 59.7. The molecule has 0 amide bonds. The number of rotatable bonds is 10. The van der Waals surface area contributed by atoms with E-state index in [1.165, 1.54) is 0 Å². The molecular formula is C12H24O13S2. The maximum atomic E-state index is 10.6. The molecule has 0 spiro atoms. The Kier molecular flexibility index (Phi) is 11.9. The summed E-state index contributed by atoms with van der Waals surface area (Å²) >= 11 is -1.66. The summed E-state index contributed by atoms with van der Waals surface area (Å²) in [6.45, 7) is -0.452. The van der Waals surface area contributed by atoms with Crippen molar-refractivity contribution in [2.45, 2.75) is 24.4 Å². The maximum absolute atomic E-state index is 10.6. The molecule has 0 radical (unpaired) electrons. The van der Waals surface area contributed by atoms with Crippen molar-refractivity contribution in [1.29, 1.82) is 0 Å². The molecule has 2 saturated heterocycles. The maximum Gasteiger partial charge on any atom is 0.400 e. The lowest BCUT2D eigenvalue weighted by Crippen LogP contribution is -2.24. The highest BCUT2D eigenvalue weighted by Gasteiger charge is 2.30. The van der Waals surface area contributed by atoms with Crippen LogP contribution in [0.25, 0.3) is 0 Å². The van der Waals surface area contributed by atoms with Crippen LogP contribution in [-0.4, -0.2) is 110 Å². The first-order chi connectivity index (χ1) is 12.8. The van der Waals surface area contributed by atoms with E-state index in [-0.39, 0.29) is 52.4 Å². The Hall–Kier alpha value is -0.300. The smallest absolute Gasteiger partial charge is 0.394 e. The molecule has 0 saturated carbocycles. The second kappa shape index (κ2) is 13.0. The first-order valence-electron chi connectivity index (χ1n) is 7.78. The molecule has 0 aromatic rings. The van der Waals surface area contributed by atoms with Crippen molar-refractivity contribution in [3.63, 3.8) is 0 Å². The van der Waals surface area contributed by atoms with Gasteiger partial charge in [-0.05, 0) is 0 Å². The lowest BCUT2D eigenvalue weighted by atomic mass is 10.4. The highest BCUT2D eigenvalue weighted by molar-refractivity contribution is 7.82. The molecule has 0 aliphatic carbocycles. The lowest BCUT2D eigenvalue weighted by molar-refractivity contribution is -0.0151. The van der Waals surface area contributed by atoms with Crippen molar-refractivity contribution in [3.8, 4) is 0 Å². The molecule has 0 bridgehead atoms. The summed E-state index contributed by atoms with van der Waals surface area (Å²) in [5.41, 5.74) is 0. The molecule has 15 heteroatoms. The van der Waals surface area contributed by atoms with Crippen LogP contribution in [0, 0.1) is 0 Å². The Morgan fingerprint density at radius 1 is 1.00 bits per heavy atom. The predicted molar refractivity (Wildman–Crippen MR) is 86.5 cm³/mol. The van der Waals surface area contributed by atoms with Gasteiger partial charge in [0.1, 0.15) is 24.4 Å². The van der Waals surface area contributed by atoms with Crippen LogP contribution in [0.15, 0.2) is 0 Å². The van der Waals surface area contributed by atoms with Crippen molar-refractivity contribution in [2.24, 2.45) is 0 Å². The van der Waals surface area contributed by atoms with Gasteiger partial charge in [-0.15, -0.1) is 0 Å². The van der Waals surface area contributed by atoms with E-state index in [1.807, 2.05) is 0 Å². The van der Waals surface area contributed by atoms with E-state index in [9.17, 15) is 12.6 Å². The fourth-order valence-electron chi connectivity index (χ4n) is 1.61. The average molecular weight is 440 g/mol. The van der Waals surface area contributed by atoms with Crippen molar-refractivity contribution >= 4 is 21.8 Å². The van der Waals surface area contributed by atoms with E-state index >= 15 is 0 Å². The molecule has 162 valence electrons. The Morgan fingerprint density at radius 2 is 1.56 bits per heavy atom. The molecule has 4 N–H and O–H groups in total. The number of hydrogen-bond donors (Lipinski definition) is 4. The molecule has 0 aromatic carbocycles. The number of hydrogen-bond acceptors (Lipinski definition) is 13.